The summed E-state index contributed by atoms with van der Waals surface area (Å²) in [7, 11) is 2.06. The minimum absolute atomic E-state index is 0.0230. The first-order valence-corrected chi connectivity index (χ1v) is 11.1. The number of rotatable bonds is 4. The average molecular weight is 423 g/mol. The van der Waals surface area contributed by atoms with Crippen LogP contribution in [0.2, 0.25) is 0 Å². The zero-order chi connectivity index (χ0) is 21.8. The molecule has 2 aliphatic heterocycles. The second-order valence-electron chi connectivity index (χ2n) is 8.51. The molecular formula is C24H30N4O3. The van der Waals surface area contributed by atoms with Crippen LogP contribution in [-0.2, 0) is 11.3 Å². The largest absolute Gasteiger partial charge is 0.341 e. The van der Waals surface area contributed by atoms with E-state index in [9.17, 15) is 14.4 Å². The smallest absolute Gasteiger partial charge is 0.255 e. The monoisotopic (exact) mass is 422 g/mol. The Kier molecular flexibility index (Phi) is 6.51. The van der Waals surface area contributed by atoms with Gasteiger partial charge in [0.1, 0.15) is 6.54 Å². The summed E-state index contributed by atoms with van der Waals surface area (Å²) in [6, 6.07) is 12.9. The molecule has 164 valence electrons. The first kappa shape index (κ1) is 21.3. The van der Waals surface area contributed by atoms with Crippen molar-refractivity contribution < 1.29 is 9.59 Å². The molecule has 2 saturated heterocycles. The fourth-order valence-electron chi connectivity index (χ4n) is 4.46. The normalized spacial score (nSPS) is 20.0. The molecular weight excluding hydrogens is 392 g/mol. The summed E-state index contributed by atoms with van der Waals surface area (Å²) in [5.74, 6) is -0.172. The molecule has 0 N–H and O–H groups in total. The Balaban J connectivity index is 1.55. The van der Waals surface area contributed by atoms with E-state index in [0.717, 1.165) is 51.0 Å². The van der Waals surface area contributed by atoms with E-state index < -0.39 is 0 Å². The Hall–Kier alpha value is -2.93. The van der Waals surface area contributed by atoms with Gasteiger partial charge < -0.3 is 19.3 Å². The van der Waals surface area contributed by atoms with E-state index in [-0.39, 0.29) is 30.0 Å². The molecule has 4 rings (SSSR count). The van der Waals surface area contributed by atoms with Gasteiger partial charge in [-0.3, -0.25) is 14.4 Å². The van der Waals surface area contributed by atoms with E-state index in [4.69, 9.17) is 0 Å². The molecule has 1 aromatic heterocycles. The summed E-state index contributed by atoms with van der Waals surface area (Å²) in [6.07, 6.45) is 4.70. The van der Waals surface area contributed by atoms with Gasteiger partial charge in [0.2, 0.25) is 5.91 Å². The summed E-state index contributed by atoms with van der Waals surface area (Å²) in [6.45, 7) is 3.62. The molecule has 2 fully saturated rings. The van der Waals surface area contributed by atoms with Crippen LogP contribution in [0.15, 0.2) is 53.5 Å². The van der Waals surface area contributed by atoms with E-state index in [1.54, 1.807) is 12.3 Å². The molecule has 1 unspecified atom stereocenters. The predicted molar refractivity (Wildman–Crippen MR) is 119 cm³/mol. The van der Waals surface area contributed by atoms with Crippen LogP contribution in [0.5, 0.6) is 0 Å². The highest BCUT2D eigenvalue weighted by atomic mass is 16.2. The van der Waals surface area contributed by atoms with Crippen LogP contribution >= 0.6 is 0 Å². The predicted octanol–water partition coefficient (Wildman–Crippen LogP) is 1.99. The lowest BCUT2D eigenvalue weighted by atomic mass is 10.0. The van der Waals surface area contributed by atoms with Crippen LogP contribution in [0.1, 0.15) is 41.2 Å². The van der Waals surface area contributed by atoms with Crippen LogP contribution in [0, 0.1) is 0 Å². The van der Waals surface area contributed by atoms with Crippen LogP contribution in [0.4, 0.5) is 0 Å². The SMILES string of the molecule is CN1CCN(C(=O)c2ccc(=O)n(CC(=O)N3CCCCC3)c2)C(c2ccccc2)C1. The van der Waals surface area contributed by atoms with E-state index in [1.807, 2.05) is 40.1 Å². The number of nitrogens with zero attached hydrogens (tertiary/aromatic N) is 4. The molecule has 0 spiro atoms. The molecule has 1 aromatic carbocycles. The average Bonchev–Trinajstić information content (AvgIpc) is 2.81. The lowest BCUT2D eigenvalue weighted by Gasteiger charge is -2.40. The molecule has 0 aliphatic carbocycles. The van der Waals surface area contributed by atoms with Gasteiger partial charge in [-0.15, -0.1) is 0 Å². The lowest BCUT2D eigenvalue weighted by Crippen LogP contribution is -2.49. The number of amides is 2. The van der Waals surface area contributed by atoms with E-state index in [2.05, 4.69) is 11.9 Å². The summed E-state index contributed by atoms with van der Waals surface area (Å²) in [5.41, 5.74) is 1.27. The Labute approximate surface area is 182 Å². The third-order valence-corrected chi connectivity index (χ3v) is 6.27. The lowest BCUT2D eigenvalue weighted by molar-refractivity contribution is -0.132. The molecule has 2 amide bonds. The van der Waals surface area contributed by atoms with Crippen molar-refractivity contribution in [3.8, 4) is 0 Å². The van der Waals surface area contributed by atoms with E-state index in [0.29, 0.717) is 12.1 Å². The molecule has 7 nitrogen and oxygen atoms in total. The maximum absolute atomic E-state index is 13.4. The highest BCUT2D eigenvalue weighted by Gasteiger charge is 2.31. The molecule has 7 heteroatoms. The minimum Gasteiger partial charge on any atom is -0.341 e. The van der Waals surface area contributed by atoms with Gasteiger partial charge in [-0.2, -0.15) is 0 Å². The zero-order valence-corrected chi connectivity index (χ0v) is 18.1. The summed E-state index contributed by atoms with van der Waals surface area (Å²) < 4.78 is 1.37. The Bertz CT molecular complexity index is 982. The maximum atomic E-state index is 13.4. The van der Waals surface area contributed by atoms with Crippen molar-refractivity contribution in [2.24, 2.45) is 0 Å². The molecule has 0 saturated carbocycles. The Morgan fingerprint density at radius 3 is 2.42 bits per heavy atom. The van der Waals surface area contributed by atoms with Crippen molar-refractivity contribution in [2.75, 3.05) is 39.8 Å². The number of aromatic nitrogens is 1. The number of hydrogen-bond acceptors (Lipinski definition) is 4. The fourth-order valence-corrected chi connectivity index (χ4v) is 4.46. The number of hydrogen-bond donors (Lipinski definition) is 0. The number of pyridine rings is 1. The second-order valence-corrected chi connectivity index (χ2v) is 8.51. The van der Waals surface area contributed by atoms with Crippen LogP contribution < -0.4 is 5.56 Å². The van der Waals surface area contributed by atoms with Crippen molar-refractivity contribution in [2.45, 2.75) is 31.8 Å². The van der Waals surface area contributed by atoms with Gasteiger partial charge >= 0.3 is 0 Å². The molecule has 1 atom stereocenters. The van der Waals surface area contributed by atoms with Gasteiger partial charge in [-0.05, 0) is 37.9 Å². The van der Waals surface area contributed by atoms with Crippen molar-refractivity contribution in [3.05, 3.63) is 70.1 Å². The Morgan fingerprint density at radius 1 is 0.935 bits per heavy atom. The fraction of sp³-hybridized carbons (Fsp3) is 0.458. The highest BCUT2D eigenvalue weighted by Crippen LogP contribution is 2.26. The van der Waals surface area contributed by atoms with Gasteiger partial charge in [0.15, 0.2) is 0 Å². The molecule has 31 heavy (non-hydrogen) atoms. The maximum Gasteiger partial charge on any atom is 0.255 e. The van der Waals surface area contributed by atoms with Gasteiger partial charge in [0, 0.05) is 45.0 Å². The first-order valence-electron chi connectivity index (χ1n) is 11.1. The molecule has 0 bridgehead atoms. The third-order valence-electron chi connectivity index (χ3n) is 6.27. The Morgan fingerprint density at radius 2 is 1.68 bits per heavy atom. The summed E-state index contributed by atoms with van der Waals surface area (Å²) >= 11 is 0. The summed E-state index contributed by atoms with van der Waals surface area (Å²) in [4.78, 5) is 44.4. The van der Waals surface area contributed by atoms with Crippen molar-refractivity contribution >= 4 is 11.8 Å². The van der Waals surface area contributed by atoms with E-state index in [1.165, 1.54) is 10.6 Å². The molecule has 0 radical (unpaired) electrons. The van der Waals surface area contributed by atoms with Crippen molar-refractivity contribution in [1.29, 1.82) is 0 Å². The second kappa shape index (κ2) is 9.47. The number of piperazine rings is 1. The van der Waals surface area contributed by atoms with Gasteiger partial charge in [-0.1, -0.05) is 30.3 Å². The number of carbonyl (C=O) groups excluding carboxylic acids is 2. The number of benzene rings is 1. The first-order chi connectivity index (χ1) is 15.0. The minimum atomic E-state index is -0.264. The van der Waals surface area contributed by atoms with Gasteiger partial charge in [0.25, 0.3) is 11.5 Å². The van der Waals surface area contributed by atoms with Gasteiger partial charge in [-0.25, -0.2) is 0 Å². The van der Waals surface area contributed by atoms with Crippen LogP contribution in [-0.4, -0.2) is 70.9 Å². The molecule has 2 aromatic rings. The number of likely N-dealkylation sites (tertiary alicyclic amines) is 1. The quantitative estimate of drug-likeness (QED) is 0.756. The molecule has 2 aliphatic rings. The van der Waals surface area contributed by atoms with Crippen LogP contribution in [0.25, 0.3) is 0 Å². The van der Waals surface area contributed by atoms with E-state index >= 15 is 0 Å². The standard InChI is InChI=1S/C24H30N4O3/c1-25-14-15-28(21(17-25)19-8-4-2-5-9-19)24(31)20-10-11-22(29)27(16-20)18-23(30)26-12-6-3-7-13-26/h2,4-5,8-11,16,21H,3,6-7,12-15,17-18H2,1H3. The highest BCUT2D eigenvalue weighted by molar-refractivity contribution is 5.94. The van der Waals surface area contributed by atoms with Gasteiger partial charge in [0.05, 0.1) is 11.6 Å². The topological polar surface area (TPSA) is 65.9 Å². The summed E-state index contributed by atoms with van der Waals surface area (Å²) in [5, 5.41) is 0. The number of piperidine rings is 1. The van der Waals surface area contributed by atoms with Crippen molar-refractivity contribution in [3.63, 3.8) is 0 Å². The van der Waals surface area contributed by atoms with Crippen LogP contribution in [0.3, 0.4) is 0 Å². The van der Waals surface area contributed by atoms with Crippen molar-refractivity contribution in [1.82, 2.24) is 19.3 Å². The number of carbonyl (C=O) groups is 2. The number of likely N-dealkylation sites (N-methyl/N-ethyl adjacent to an activating group) is 1. The zero-order valence-electron chi connectivity index (χ0n) is 18.1. The molecule has 3 heterocycles. The third kappa shape index (κ3) is 4.88.